The van der Waals surface area contributed by atoms with Gasteiger partial charge in [0.25, 0.3) is 0 Å². The summed E-state index contributed by atoms with van der Waals surface area (Å²) in [7, 11) is 2.09. The lowest BCUT2D eigenvalue weighted by atomic mass is 9.69. The van der Waals surface area contributed by atoms with Crippen LogP contribution in [0, 0.1) is 35.5 Å². The first-order chi connectivity index (χ1) is 10.8. The van der Waals surface area contributed by atoms with Gasteiger partial charge in [-0.05, 0) is 69.4 Å². The first kappa shape index (κ1) is 21.0. The van der Waals surface area contributed by atoms with E-state index in [-0.39, 0.29) is 0 Å². The van der Waals surface area contributed by atoms with Gasteiger partial charge in [0.1, 0.15) is 0 Å². The number of rotatable bonds is 9. The molecule has 0 aromatic heterocycles. The monoisotopic (exact) mass is 324 g/mol. The van der Waals surface area contributed by atoms with Crippen molar-refractivity contribution in [1.82, 2.24) is 10.6 Å². The summed E-state index contributed by atoms with van der Waals surface area (Å²) in [6.45, 7) is 18.0. The minimum atomic E-state index is 0.559. The van der Waals surface area contributed by atoms with Gasteiger partial charge in [0.15, 0.2) is 0 Å². The molecular formula is C21H44N2. The number of hydrogen-bond donors (Lipinski definition) is 2. The predicted octanol–water partition coefficient (Wildman–Crippen LogP) is 4.94. The van der Waals surface area contributed by atoms with Crippen molar-refractivity contribution in [3.05, 3.63) is 0 Å². The molecule has 23 heavy (non-hydrogen) atoms. The Morgan fingerprint density at radius 3 is 1.96 bits per heavy atom. The summed E-state index contributed by atoms with van der Waals surface area (Å²) in [5.74, 6) is 4.81. The lowest BCUT2D eigenvalue weighted by Gasteiger charge is -2.40. The summed E-state index contributed by atoms with van der Waals surface area (Å²) in [4.78, 5) is 0. The Morgan fingerprint density at radius 2 is 1.48 bits per heavy atom. The summed E-state index contributed by atoms with van der Waals surface area (Å²) in [6, 6.07) is 1.13. The van der Waals surface area contributed by atoms with Crippen LogP contribution in [0.25, 0.3) is 0 Å². The van der Waals surface area contributed by atoms with E-state index in [0.717, 1.165) is 23.7 Å². The first-order valence-electron chi connectivity index (χ1n) is 10.2. The zero-order valence-corrected chi connectivity index (χ0v) is 17.2. The van der Waals surface area contributed by atoms with Crippen LogP contribution in [0.15, 0.2) is 0 Å². The predicted molar refractivity (Wildman–Crippen MR) is 104 cm³/mol. The summed E-state index contributed by atoms with van der Waals surface area (Å²) in [5, 5.41) is 7.41. The highest BCUT2D eigenvalue weighted by Gasteiger charge is 2.32. The smallest absolute Gasteiger partial charge is 0.00843 e. The fourth-order valence-corrected chi connectivity index (χ4v) is 5.10. The largest absolute Gasteiger partial charge is 0.317 e. The Labute approximate surface area is 146 Å². The van der Waals surface area contributed by atoms with Crippen LogP contribution < -0.4 is 10.6 Å². The van der Waals surface area contributed by atoms with Crippen LogP contribution in [0.4, 0.5) is 0 Å². The van der Waals surface area contributed by atoms with E-state index in [0.29, 0.717) is 23.9 Å². The Balaban J connectivity index is 2.66. The lowest BCUT2D eigenvalue weighted by Crippen LogP contribution is -2.48. The minimum absolute atomic E-state index is 0.559. The molecule has 1 rings (SSSR count). The highest BCUT2D eigenvalue weighted by atomic mass is 15.0. The van der Waals surface area contributed by atoms with Crippen LogP contribution in [0.5, 0.6) is 0 Å². The molecular weight excluding hydrogens is 280 g/mol. The third-order valence-electron chi connectivity index (χ3n) is 6.64. The first-order valence-corrected chi connectivity index (χ1v) is 10.2. The average Bonchev–Trinajstić information content (AvgIpc) is 2.48. The van der Waals surface area contributed by atoms with Gasteiger partial charge in [0.05, 0.1) is 0 Å². The van der Waals surface area contributed by atoms with E-state index in [1.807, 2.05) is 0 Å². The van der Waals surface area contributed by atoms with E-state index in [1.165, 1.54) is 32.2 Å². The van der Waals surface area contributed by atoms with Crippen LogP contribution >= 0.6 is 0 Å². The molecule has 2 N–H and O–H groups in total. The fourth-order valence-electron chi connectivity index (χ4n) is 5.10. The molecule has 1 aliphatic carbocycles. The zero-order chi connectivity index (χ0) is 17.6. The molecule has 0 aromatic carbocycles. The minimum Gasteiger partial charge on any atom is -0.317 e. The SMILES string of the molecule is CNC(C)C(C(C)C)C(C)NCC(C(C)C)C1CCCCC1C. The van der Waals surface area contributed by atoms with Crippen molar-refractivity contribution in [3.63, 3.8) is 0 Å². The van der Waals surface area contributed by atoms with Gasteiger partial charge in [-0.2, -0.15) is 0 Å². The van der Waals surface area contributed by atoms with E-state index < -0.39 is 0 Å². The summed E-state index contributed by atoms with van der Waals surface area (Å²) in [6.07, 6.45) is 5.77. The van der Waals surface area contributed by atoms with Gasteiger partial charge in [0.2, 0.25) is 0 Å². The van der Waals surface area contributed by atoms with E-state index in [9.17, 15) is 0 Å². The molecule has 0 radical (unpaired) electrons. The maximum Gasteiger partial charge on any atom is 0.00843 e. The van der Waals surface area contributed by atoms with Crippen LogP contribution in [-0.2, 0) is 0 Å². The Kier molecular flexibility index (Phi) is 9.15. The second-order valence-electron chi connectivity index (χ2n) is 8.93. The maximum atomic E-state index is 3.94. The van der Waals surface area contributed by atoms with Gasteiger partial charge < -0.3 is 10.6 Å². The Morgan fingerprint density at radius 1 is 0.870 bits per heavy atom. The molecule has 1 fully saturated rings. The van der Waals surface area contributed by atoms with Gasteiger partial charge in [-0.1, -0.05) is 53.9 Å². The van der Waals surface area contributed by atoms with Crippen molar-refractivity contribution in [2.45, 2.75) is 86.2 Å². The van der Waals surface area contributed by atoms with Crippen LogP contribution in [0.1, 0.15) is 74.1 Å². The average molecular weight is 325 g/mol. The van der Waals surface area contributed by atoms with Crippen LogP contribution in [-0.4, -0.2) is 25.7 Å². The van der Waals surface area contributed by atoms with Gasteiger partial charge in [-0.25, -0.2) is 0 Å². The lowest BCUT2D eigenvalue weighted by molar-refractivity contribution is 0.124. The van der Waals surface area contributed by atoms with Gasteiger partial charge in [0, 0.05) is 12.1 Å². The molecule has 0 aromatic rings. The molecule has 6 unspecified atom stereocenters. The third-order valence-corrected chi connectivity index (χ3v) is 6.64. The topological polar surface area (TPSA) is 24.1 Å². The second-order valence-corrected chi connectivity index (χ2v) is 8.93. The standard InChI is InChI=1S/C21H44N2/c1-14(2)20(19-12-10-9-11-16(19)5)13-23-18(7)21(15(3)4)17(6)22-8/h14-23H,9-13H2,1-8H3. The summed E-state index contributed by atoms with van der Waals surface area (Å²) < 4.78 is 0. The molecule has 0 aliphatic heterocycles. The molecule has 138 valence electrons. The highest BCUT2D eigenvalue weighted by Crippen LogP contribution is 2.38. The third kappa shape index (κ3) is 6.05. The van der Waals surface area contributed by atoms with Crippen molar-refractivity contribution in [2.24, 2.45) is 35.5 Å². The van der Waals surface area contributed by atoms with Crippen molar-refractivity contribution < 1.29 is 0 Å². The molecule has 1 aliphatic rings. The molecule has 0 spiro atoms. The van der Waals surface area contributed by atoms with E-state index in [2.05, 4.69) is 66.1 Å². The molecule has 0 saturated heterocycles. The van der Waals surface area contributed by atoms with Gasteiger partial charge >= 0.3 is 0 Å². The van der Waals surface area contributed by atoms with Crippen LogP contribution in [0.2, 0.25) is 0 Å². The highest BCUT2D eigenvalue weighted by molar-refractivity contribution is 4.86. The van der Waals surface area contributed by atoms with Gasteiger partial charge in [-0.15, -0.1) is 0 Å². The summed E-state index contributed by atoms with van der Waals surface area (Å²) in [5.41, 5.74) is 0. The normalized spacial score (nSPS) is 27.9. The Hall–Kier alpha value is -0.0800. The number of hydrogen-bond acceptors (Lipinski definition) is 2. The van der Waals surface area contributed by atoms with E-state index in [1.54, 1.807) is 0 Å². The molecule has 0 amide bonds. The molecule has 0 heterocycles. The second kappa shape index (κ2) is 10.0. The van der Waals surface area contributed by atoms with Crippen LogP contribution in [0.3, 0.4) is 0 Å². The van der Waals surface area contributed by atoms with Crippen molar-refractivity contribution in [2.75, 3.05) is 13.6 Å². The molecule has 2 nitrogen and oxygen atoms in total. The molecule has 1 saturated carbocycles. The van der Waals surface area contributed by atoms with Crippen molar-refractivity contribution >= 4 is 0 Å². The quantitative estimate of drug-likeness (QED) is 0.627. The Bertz CT molecular complexity index is 313. The van der Waals surface area contributed by atoms with Crippen molar-refractivity contribution in [3.8, 4) is 0 Å². The number of nitrogens with one attached hydrogen (secondary N) is 2. The fraction of sp³-hybridized carbons (Fsp3) is 1.00. The molecule has 6 atom stereocenters. The van der Waals surface area contributed by atoms with Crippen molar-refractivity contribution in [1.29, 1.82) is 0 Å². The van der Waals surface area contributed by atoms with E-state index >= 15 is 0 Å². The molecule has 0 bridgehead atoms. The summed E-state index contributed by atoms with van der Waals surface area (Å²) >= 11 is 0. The zero-order valence-electron chi connectivity index (χ0n) is 17.2. The molecule has 2 heteroatoms. The maximum absolute atomic E-state index is 3.94. The van der Waals surface area contributed by atoms with E-state index in [4.69, 9.17) is 0 Å². The van der Waals surface area contributed by atoms with Gasteiger partial charge in [-0.3, -0.25) is 0 Å².